The van der Waals surface area contributed by atoms with Crippen molar-refractivity contribution >= 4 is 29.2 Å². The second-order valence-electron chi connectivity index (χ2n) is 4.26. The largest absolute Gasteiger partial charge is 0.344 e. The van der Waals surface area contributed by atoms with Crippen molar-refractivity contribution in [3.63, 3.8) is 0 Å². The number of carbonyl (C=O) groups is 1. The van der Waals surface area contributed by atoms with E-state index in [4.69, 9.17) is 12.2 Å². The molecule has 3 heterocycles. The normalized spacial score (nSPS) is 20.4. The minimum absolute atomic E-state index is 0.124. The van der Waals surface area contributed by atoms with Crippen LogP contribution in [0.5, 0.6) is 0 Å². The number of hydrogen-bond acceptors (Lipinski definition) is 3. The average Bonchev–Trinajstić information content (AvgIpc) is 2.80. The van der Waals surface area contributed by atoms with Crippen LogP contribution in [0, 0.1) is 4.77 Å². The molecule has 6 heteroatoms. The molecule has 1 aliphatic heterocycles. The monoisotopic (exact) mass is 248 g/mol. The van der Waals surface area contributed by atoms with E-state index < -0.39 is 0 Å². The van der Waals surface area contributed by atoms with Gasteiger partial charge in [-0.2, -0.15) is 0 Å². The van der Waals surface area contributed by atoms with E-state index in [1.807, 2.05) is 17.7 Å². The SMILES string of the molecule is CN1CCC(n2c(=S)[nH]c3cnccc32)C1=O. The van der Waals surface area contributed by atoms with Crippen LogP contribution in [0.1, 0.15) is 12.5 Å². The van der Waals surface area contributed by atoms with Gasteiger partial charge in [-0.15, -0.1) is 0 Å². The minimum Gasteiger partial charge on any atom is -0.344 e. The molecule has 0 aliphatic carbocycles. The molecule has 0 spiro atoms. The molecule has 0 radical (unpaired) electrons. The summed E-state index contributed by atoms with van der Waals surface area (Å²) in [5, 5.41) is 0. The highest BCUT2D eigenvalue weighted by Gasteiger charge is 2.31. The van der Waals surface area contributed by atoms with Gasteiger partial charge >= 0.3 is 0 Å². The molecule has 0 bridgehead atoms. The maximum absolute atomic E-state index is 12.0. The number of carbonyl (C=O) groups excluding carboxylic acids is 1. The van der Waals surface area contributed by atoms with Crippen LogP contribution in [0.4, 0.5) is 0 Å². The van der Waals surface area contributed by atoms with Gasteiger partial charge in [0.2, 0.25) is 5.91 Å². The van der Waals surface area contributed by atoms with E-state index in [2.05, 4.69) is 9.97 Å². The van der Waals surface area contributed by atoms with Crippen LogP contribution in [-0.2, 0) is 4.79 Å². The average molecular weight is 248 g/mol. The number of fused-ring (bicyclic) bond motifs is 1. The number of aromatic amines is 1. The van der Waals surface area contributed by atoms with E-state index in [0.29, 0.717) is 4.77 Å². The number of pyridine rings is 1. The van der Waals surface area contributed by atoms with Gasteiger partial charge in [-0.1, -0.05) is 0 Å². The molecule has 88 valence electrons. The summed E-state index contributed by atoms with van der Waals surface area (Å²) in [6.45, 7) is 0.781. The summed E-state index contributed by atoms with van der Waals surface area (Å²) in [7, 11) is 1.82. The predicted octanol–water partition coefficient (Wildman–Crippen LogP) is 1.50. The number of nitrogens with zero attached hydrogens (tertiary/aromatic N) is 3. The zero-order valence-corrected chi connectivity index (χ0v) is 10.2. The van der Waals surface area contributed by atoms with Crippen LogP contribution in [0.15, 0.2) is 18.5 Å². The van der Waals surface area contributed by atoms with Crippen LogP contribution >= 0.6 is 12.2 Å². The van der Waals surface area contributed by atoms with Crippen molar-refractivity contribution in [1.82, 2.24) is 19.4 Å². The third-order valence-electron chi connectivity index (χ3n) is 3.23. The Morgan fingerprint density at radius 3 is 3.12 bits per heavy atom. The first-order valence-electron chi connectivity index (χ1n) is 5.47. The molecule has 1 N–H and O–H groups in total. The Labute approximate surface area is 103 Å². The van der Waals surface area contributed by atoms with Gasteiger partial charge in [0.25, 0.3) is 0 Å². The van der Waals surface area contributed by atoms with Gasteiger partial charge in [-0.05, 0) is 24.7 Å². The summed E-state index contributed by atoms with van der Waals surface area (Å²) >= 11 is 5.29. The van der Waals surface area contributed by atoms with Gasteiger partial charge in [0.15, 0.2) is 4.77 Å². The smallest absolute Gasteiger partial charge is 0.245 e. The lowest BCUT2D eigenvalue weighted by molar-refractivity contribution is -0.129. The molecule has 17 heavy (non-hydrogen) atoms. The zero-order valence-electron chi connectivity index (χ0n) is 9.38. The van der Waals surface area contributed by atoms with Gasteiger partial charge in [0.05, 0.1) is 17.2 Å². The van der Waals surface area contributed by atoms with Crippen molar-refractivity contribution in [2.45, 2.75) is 12.5 Å². The predicted molar refractivity (Wildman–Crippen MR) is 66.2 cm³/mol. The van der Waals surface area contributed by atoms with Crippen molar-refractivity contribution in [3.8, 4) is 0 Å². The number of rotatable bonds is 1. The van der Waals surface area contributed by atoms with Crippen LogP contribution in [0.2, 0.25) is 0 Å². The van der Waals surface area contributed by atoms with Crippen LogP contribution in [0.25, 0.3) is 11.0 Å². The number of aromatic nitrogens is 3. The molecule has 0 aromatic carbocycles. The Bertz CT molecular complexity index is 644. The van der Waals surface area contributed by atoms with Gasteiger partial charge in [0, 0.05) is 19.8 Å². The molecule has 3 rings (SSSR count). The number of likely N-dealkylation sites (tertiary alicyclic amines) is 1. The number of H-pyrrole nitrogens is 1. The molecule has 1 fully saturated rings. The van der Waals surface area contributed by atoms with Crippen molar-refractivity contribution in [1.29, 1.82) is 0 Å². The fourth-order valence-electron chi connectivity index (χ4n) is 2.33. The van der Waals surface area contributed by atoms with E-state index >= 15 is 0 Å². The fourth-order valence-corrected chi connectivity index (χ4v) is 2.67. The Morgan fingerprint density at radius 1 is 1.59 bits per heavy atom. The Morgan fingerprint density at radius 2 is 2.41 bits per heavy atom. The number of nitrogens with one attached hydrogen (secondary N) is 1. The second-order valence-corrected chi connectivity index (χ2v) is 4.64. The quantitative estimate of drug-likeness (QED) is 0.778. The van der Waals surface area contributed by atoms with Crippen LogP contribution in [0.3, 0.4) is 0 Å². The number of likely N-dealkylation sites (N-methyl/N-ethyl adjacent to an activating group) is 1. The summed E-state index contributed by atoms with van der Waals surface area (Å²) in [6, 6.07) is 1.70. The lowest BCUT2D eigenvalue weighted by atomic mass is 10.2. The fraction of sp³-hybridized carbons (Fsp3) is 0.364. The molecule has 1 amide bonds. The standard InChI is InChI=1S/C11H12N4OS/c1-14-5-3-9(10(14)16)15-8-2-4-12-6-7(8)13-11(15)17/h2,4,6,9H,3,5H2,1H3,(H,13,17). The summed E-state index contributed by atoms with van der Waals surface area (Å²) in [5.41, 5.74) is 1.82. The summed E-state index contributed by atoms with van der Waals surface area (Å²) in [6.07, 6.45) is 4.24. The Hall–Kier alpha value is -1.69. The summed E-state index contributed by atoms with van der Waals surface area (Å²) < 4.78 is 2.49. The first-order valence-corrected chi connectivity index (χ1v) is 5.88. The van der Waals surface area contributed by atoms with Crippen molar-refractivity contribution in [2.75, 3.05) is 13.6 Å². The second kappa shape index (κ2) is 3.66. The highest BCUT2D eigenvalue weighted by Crippen LogP contribution is 2.26. The number of hydrogen-bond donors (Lipinski definition) is 1. The Kier molecular flexibility index (Phi) is 2.25. The molecule has 1 saturated heterocycles. The first-order chi connectivity index (χ1) is 8.18. The minimum atomic E-state index is -0.177. The van der Waals surface area contributed by atoms with E-state index in [0.717, 1.165) is 24.0 Å². The maximum atomic E-state index is 12.0. The van der Waals surface area contributed by atoms with Crippen molar-refractivity contribution < 1.29 is 4.79 Å². The molecule has 1 aliphatic rings. The molecule has 1 unspecified atom stereocenters. The molecule has 0 saturated carbocycles. The van der Waals surface area contributed by atoms with E-state index in [1.165, 1.54) is 0 Å². The molecular formula is C11H12N4OS. The van der Waals surface area contributed by atoms with Crippen LogP contribution < -0.4 is 0 Å². The summed E-state index contributed by atoms with van der Waals surface area (Å²) in [4.78, 5) is 20.9. The van der Waals surface area contributed by atoms with E-state index in [1.54, 1.807) is 17.3 Å². The molecular weight excluding hydrogens is 236 g/mol. The van der Waals surface area contributed by atoms with Crippen molar-refractivity contribution in [3.05, 3.63) is 23.2 Å². The van der Waals surface area contributed by atoms with Gasteiger partial charge in [0.1, 0.15) is 6.04 Å². The molecule has 1 atom stereocenters. The zero-order chi connectivity index (χ0) is 12.0. The van der Waals surface area contributed by atoms with E-state index in [-0.39, 0.29) is 11.9 Å². The highest BCUT2D eigenvalue weighted by molar-refractivity contribution is 7.71. The first kappa shape index (κ1) is 10.5. The molecule has 2 aromatic heterocycles. The van der Waals surface area contributed by atoms with E-state index in [9.17, 15) is 4.79 Å². The Balaban J connectivity index is 2.21. The number of amides is 1. The van der Waals surface area contributed by atoms with Gasteiger partial charge in [-0.25, -0.2) is 0 Å². The summed E-state index contributed by atoms with van der Waals surface area (Å²) in [5.74, 6) is 0.124. The lowest BCUT2D eigenvalue weighted by Gasteiger charge is -2.12. The topological polar surface area (TPSA) is 53.9 Å². The third-order valence-corrected chi connectivity index (χ3v) is 3.53. The van der Waals surface area contributed by atoms with Crippen molar-refractivity contribution in [2.24, 2.45) is 0 Å². The van der Waals surface area contributed by atoms with Crippen LogP contribution in [-0.4, -0.2) is 38.9 Å². The lowest BCUT2D eigenvalue weighted by Crippen LogP contribution is -2.24. The molecule has 2 aromatic rings. The highest BCUT2D eigenvalue weighted by atomic mass is 32.1. The molecule has 5 nitrogen and oxygen atoms in total. The number of imidazole rings is 1. The van der Waals surface area contributed by atoms with Gasteiger partial charge < -0.3 is 14.5 Å². The third kappa shape index (κ3) is 1.48. The van der Waals surface area contributed by atoms with Gasteiger partial charge in [-0.3, -0.25) is 9.78 Å². The maximum Gasteiger partial charge on any atom is 0.245 e.